The maximum Gasteiger partial charge on any atom is 0.251 e. The van der Waals surface area contributed by atoms with Gasteiger partial charge in [0.25, 0.3) is 5.56 Å². The predicted octanol–water partition coefficient (Wildman–Crippen LogP) is 2.32. The molecule has 0 aliphatic heterocycles. The van der Waals surface area contributed by atoms with Gasteiger partial charge in [-0.2, -0.15) is 0 Å². The number of benzene rings is 1. The van der Waals surface area contributed by atoms with E-state index in [1.165, 1.54) is 0 Å². The Morgan fingerprint density at radius 2 is 1.95 bits per heavy atom. The molecule has 20 heavy (non-hydrogen) atoms. The molecule has 2 N–H and O–H groups in total. The van der Waals surface area contributed by atoms with Gasteiger partial charge in [-0.15, -0.1) is 0 Å². The lowest BCUT2D eigenvalue weighted by atomic mass is 10.1. The Bertz CT molecular complexity index is 705. The summed E-state index contributed by atoms with van der Waals surface area (Å²) >= 11 is 0. The number of fused-ring (bicyclic) bond motifs is 1. The Balaban J connectivity index is 3.05. The van der Waals surface area contributed by atoms with Gasteiger partial charge in [0.05, 0.1) is 25.4 Å². The lowest BCUT2D eigenvalue weighted by Gasteiger charge is -2.18. The van der Waals surface area contributed by atoms with Gasteiger partial charge in [-0.3, -0.25) is 4.79 Å². The minimum atomic E-state index is -0.0530. The molecule has 0 unspecified atom stereocenters. The number of nitrogens with two attached hydrogens (primary N) is 1. The predicted molar refractivity (Wildman–Crippen MR) is 80.8 cm³/mol. The third-order valence-corrected chi connectivity index (χ3v) is 3.39. The van der Waals surface area contributed by atoms with Gasteiger partial charge in [0.15, 0.2) is 5.75 Å². The van der Waals surface area contributed by atoms with E-state index in [9.17, 15) is 4.79 Å². The van der Waals surface area contributed by atoms with Crippen LogP contribution in [0.3, 0.4) is 0 Å². The first-order chi connectivity index (χ1) is 9.54. The number of hydrogen-bond donors (Lipinski definition) is 1. The number of methoxy groups -OCH3 is 2. The molecular formula is C15H20N2O3. The molecular weight excluding hydrogens is 256 g/mol. The molecule has 2 rings (SSSR count). The van der Waals surface area contributed by atoms with Crippen LogP contribution in [0, 0.1) is 6.92 Å². The van der Waals surface area contributed by atoms with Crippen molar-refractivity contribution in [1.29, 1.82) is 0 Å². The first-order valence-corrected chi connectivity index (χ1v) is 6.59. The monoisotopic (exact) mass is 276 g/mol. The van der Waals surface area contributed by atoms with Crippen molar-refractivity contribution in [3.05, 3.63) is 28.0 Å². The second-order valence-corrected chi connectivity index (χ2v) is 4.74. The van der Waals surface area contributed by atoms with Crippen molar-refractivity contribution in [2.24, 2.45) is 0 Å². The molecule has 108 valence electrons. The summed E-state index contributed by atoms with van der Waals surface area (Å²) in [4.78, 5) is 12.2. The molecule has 0 fully saturated rings. The van der Waals surface area contributed by atoms with E-state index in [4.69, 9.17) is 15.2 Å². The quantitative estimate of drug-likeness (QED) is 0.870. The van der Waals surface area contributed by atoms with Gasteiger partial charge in [0.2, 0.25) is 0 Å². The van der Waals surface area contributed by atoms with Gasteiger partial charge in [-0.05, 0) is 18.9 Å². The van der Waals surface area contributed by atoms with E-state index in [1.807, 2.05) is 13.8 Å². The van der Waals surface area contributed by atoms with Crippen molar-refractivity contribution < 1.29 is 9.47 Å². The van der Waals surface area contributed by atoms with E-state index in [-0.39, 0.29) is 5.56 Å². The number of rotatable bonds is 4. The molecule has 0 aliphatic carbocycles. The molecule has 0 aliphatic rings. The van der Waals surface area contributed by atoms with Gasteiger partial charge in [0.1, 0.15) is 5.75 Å². The van der Waals surface area contributed by atoms with Crippen molar-refractivity contribution >= 4 is 16.6 Å². The van der Waals surface area contributed by atoms with Crippen LogP contribution in [0.1, 0.15) is 18.9 Å². The average Bonchev–Trinajstić information content (AvgIpc) is 2.42. The van der Waals surface area contributed by atoms with Gasteiger partial charge < -0.3 is 19.8 Å². The third kappa shape index (κ3) is 2.09. The van der Waals surface area contributed by atoms with Crippen LogP contribution in [-0.4, -0.2) is 18.8 Å². The first kappa shape index (κ1) is 14.2. The fourth-order valence-corrected chi connectivity index (χ4v) is 2.55. The third-order valence-electron chi connectivity index (χ3n) is 3.39. The molecule has 2 aromatic rings. The fourth-order valence-electron chi connectivity index (χ4n) is 2.55. The molecule has 5 nitrogen and oxygen atoms in total. The highest BCUT2D eigenvalue weighted by atomic mass is 16.5. The van der Waals surface area contributed by atoms with Crippen molar-refractivity contribution in [2.45, 2.75) is 26.8 Å². The lowest BCUT2D eigenvalue weighted by molar-refractivity contribution is 0.409. The first-order valence-electron chi connectivity index (χ1n) is 6.59. The minimum Gasteiger partial charge on any atom is -0.496 e. The molecule has 0 radical (unpaired) electrons. The fraction of sp³-hybridized carbons (Fsp3) is 0.400. The molecule has 0 saturated carbocycles. The van der Waals surface area contributed by atoms with Crippen LogP contribution in [0.4, 0.5) is 5.69 Å². The number of aryl methyl sites for hydroxylation is 2. The Morgan fingerprint density at radius 3 is 2.50 bits per heavy atom. The zero-order chi connectivity index (χ0) is 14.9. The Labute approximate surface area is 117 Å². The van der Waals surface area contributed by atoms with Crippen LogP contribution < -0.4 is 20.8 Å². The van der Waals surface area contributed by atoms with E-state index in [1.54, 1.807) is 30.9 Å². The number of hydrogen-bond acceptors (Lipinski definition) is 4. The molecule has 1 aromatic heterocycles. The van der Waals surface area contributed by atoms with Gasteiger partial charge >= 0.3 is 0 Å². The molecule has 0 saturated heterocycles. The zero-order valence-corrected chi connectivity index (χ0v) is 12.3. The van der Waals surface area contributed by atoms with Crippen LogP contribution in [0.15, 0.2) is 16.9 Å². The summed E-state index contributed by atoms with van der Waals surface area (Å²) in [5.74, 6) is 1.18. The smallest absolute Gasteiger partial charge is 0.251 e. The highest BCUT2D eigenvalue weighted by molar-refractivity contribution is 5.97. The summed E-state index contributed by atoms with van der Waals surface area (Å²) < 4.78 is 12.5. The number of aromatic nitrogens is 1. The summed E-state index contributed by atoms with van der Waals surface area (Å²) in [6, 6.07) is 3.35. The van der Waals surface area contributed by atoms with E-state index in [0.717, 1.165) is 17.4 Å². The van der Waals surface area contributed by atoms with E-state index < -0.39 is 0 Å². The largest absolute Gasteiger partial charge is 0.496 e. The van der Waals surface area contributed by atoms with Crippen LogP contribution in [-0.2, 0) is 6.54 Å². The Kier molecular flexibility index (Phi) is 3.88. The van der Waals surface area contributed by atoms with Crippen LogP contribution >= 0.6 is 0 Å². The molecule has 5 heteroatoms. The SMILES string of the molecule is CCCn1c(=O)cc(C)c2c(OC)cc(N)c(OC)c21. The number of anilines is 1. The summed E-state index contributed by atoms with van der Waals surface area (Å²) in [5.41, 5.74) is 7.99. The second-order valence-electron chi connectivity index (χ2n) is 4.74. The van der Waals surface area contributed by atoms with E-state index >= 15 is 0 Å². The van der Waals surface area contributed by atoms with Crippen molar-refractivity contribution in [2.75, 3.05) is 20.0 Å². The number of pyridine rings is 1. The van der Waals surface area contributed by atoms with Crippen molar-refractivity contribution in [1.82, 2.24) is 4.57 Å². The second kappa shape index (κ2) is 5.45. The van der Waals surface area contributed by atoms with E-state index in [2.05, 4.69) is 0 Å². The summed E-state index contributed by atoms with van der Waals surface area (Å²) in [6.45, 7) is 4.52. The van der Waals surface area contributed by atoms with Crippen molar-refractivity contribution in [3.63, 3.8) is 0 Å². The van der Waals surface area contributed by atoms with E-state index in [0.29, 0.717) is 29.2 Å². The molecule has 0 atom stereocenters. The summed E-state index contributed by atoms with van der Waals surface area (Å²) in [5, 5.41) is 0.867. The van der Waals surface area contributed by atoms with Gasteiger partial charge in [0, 0.05) is 24.1 Å². The topological polar surface area (TPSA) is 66.5 Å². The normalized spacial score (nSPS) is 10.8. The molecule has 1 aromatic carbocycles. The molecule has 0 spiro atoms. The van der Waals surface area contributed by atoms with Gasteiger partial charge in [-0.25, -0.2) is 0 Å². The van der Waals surface area contributed by atoms with Crippen LogP contribution in [0.2, 0.25) is 0 Å². The van der Waals surface area contributed by atoms with Crippen LogP contribution in [0.5, 0.6) is 11.5 Å². The summed E-state index contributed by atoms with van der Waals surface area (Å²) in [6.07, 6.45) is 0.846. The maximum atomic E-state index is 12.2. The number of nitrogen functional groups attached to an aromatic ring is 1. The molecule has 0 amide bonds. The van der Waals surface area contributed by atoms with Gasteiger partial charge in [-0.1, -0.05) is 6.92 Å². The molecule has 0 bridgehead atoms. The average molecular weight is 276 g/mol. The molecule has 1 heterocycles. The minimum absolute atomic E-state index is 0.0530. The lowest BCUT2D eigenvalue weighted by Crippen LogP contribution is -2.21. The Hall–Kier alpha value is -2.17. The number of ether oxygens (including phenoxy) is 2. The standard InChI is InChI=1S/C15H20N2O3/c1-5-6-17-12(18)7-9(2)13-11(19-3)8-10(16)15(20-4)14(13)17/h7-8H,5-6,16H2,1-4H3. The number of nitrogens with zero attached hydrogens (tertiary/aromatic N) is 1. The maximum absolute atomic E-state index is 12.2. The highest BCUT2D eigenvalue weighted by Crippen LogP contribution is 2.39. The highest BCUT2D eigenvalue weighted by Gasteiger charge is 2.18. The van der Waals surface area contributed by atoms with Crippen molar-refractivity contribution in [3.8, 4) is 11.5 Å². The van der Waals surface area contributed by atoms with Crippen LogP contribution in [0.25, 0.3) is 10.9 Å². The summed E-state index contributed by atoms with van der Waals surface area (Å²) in [7, 11) is 3.15. The Morgan fingerprint density at radius 1 is 1.25 bits per heavy atom. The zero-order valence-electron chi connectivity index (χ0n) is 12.3.